The summed E-state index contributed by atoms with van der Waals surface area (Å²) in [6.07, 6.45) is 1.57. The molecule has 1 aliphatic carbocycles. The number of fused-ring (bicyclic) bond motifs is 3. The average Bonchev–Trinajstić information content (AvgIpc) is 3.24. The molecule has 0 saturated heterocycles. The zero-order chi connectivity index (χ0) is 26.2. The van der Waals surface area contributed by atoms with Crippen molar-refractivity contribution in [2.45, 2.75) is 38.4 Å². The molecule has 0 spiro atoms. The van der Waals surface area contributed by atoms with Crippen LogP contribution in [-0.4, -0.2) is 25.8 Å². The molecule has 0 heterocycles. The van der Waals surface area contributed by atoms with Crippen molar-refractivity contribution in [1.29, 1.82) is 0 Å². The highest BCUT2D eigenvalue weighted by Gasteiger charge is 2.43. The van der Waals surface area contributed by atoms with Gasteiger partial charge in [-0.3, -0.25) is 0 Å². The molecular formula is C34H34O4. The Kier molecular flexibility index (Phi) is 8.32. The number of ether oxygens (including phenoxy) is 3. The van der Waals surface area contributed by atoms with E-state index in [9.17, 15) is 4.79 Å². The number of benzene rings is 4. The Morgan fingerprint density at radius 1 is 0.658 bits per heavy atom. The van der Waals surface area contributed by atoms with E-state index in [1.807, 2.05) is 55.5 Å². The van der Waals surface area contributed by atoms with Crippen LogP contribution < -0.4 is 0 Å². The van der Waals surface area contributed by atoms with Crippen LogP contribution in [0.3, 0.4) is 0 Å². The summed E-state index contributed by atoms with van der Waals surface area (Å²) in [6, 6.07) is 35.0. The van der Waals surface area contributed by atoms with Gasteiger partial charge in [0.1, 0.15) is 0 Å². The van der Waals surface area contributed by atoms with Gasteiger partial charge in [-0.25, -0.2) is 4.79 Å². The molecule has 4 heteroatoms. The first-order valence-electron chi connectivity index (χ1n) is 13.4. The van der Waals surface area contributed by atoms with Crippen molar-refractivity contribution in [2.75, 3.05) is 19.8 Å². The fourth-order valence-corrected chi connectivity index (χ4v) is 5.48. The number of esters is 1. The van der Waals surface area contributed by atoms with Gasteiger partial charge >= 0.3 is 5.97 Å². The van der Waals surface area contributed by atoms with Crippen molar-refractivity contribution < 1.29 is 19.0 Å². The molecule has 0 aliphatic heterocycles. The van der Waals surface area contributed by atoms with E-state index >= 15 is 0 Å². The summed E-state index contributed by atoms with van der Waals surface area (Å²) in [5, 5.41) is 0. The van der Waals surface area contributed by atoms with Crippen molar-refractivity contribution in [2.24, 2.45) is 0 Å². The molecule has 0 fully saturated rings. The van der Waals surface area contributed by atoms with E-state index in [1.54, 1.807) is 0 Å². The number of hydrogen-bond donors (Lipinski definition) is 0. The van der Waals surface area contributed by atoms with Crippen LogP contribution in [0, 0.1) is 0 Å². The van der Waals surface area contributed by atoms with E-state index in [1.165, 1.54) is 16.7 Å². The maximum Gasteiger partial charge on any atom is 0.338 e. The van der Waals surface area contributed by atoms with Gasteiger partial charge in [-0.15, -0.1) is 0 Å². The lowest BCUT2D eigenvalue weighted by atomic mass is 9.73. The van der Waals surface area contributed by atoms with Crippen molar-refractivity contribution >= 4 is 5.97 Å². The lowest BCUT2D eigenvalue weighted by Crippen LogP contribution is -2.29. The van der Waals surface area contributed by atoms with Crippen LogP contribution in [0.1, 0.15) is 52.4 Å². The Morgan fingerprint density at radius 2 is 1.21 bits per heavy atom. The van der Waals surface area contributed by atoms with Crippen LogP contribution in [0.5, 0.6) is 0 Å². The summed E-state index contributed by atoms with van der Waals surface area (Å²) in [6.45, 7) is 4.50. The summed E-state index contributed by atoms with van der Waals surface area (Å²) in [5.41, 5.74) is 7.36. The van der Waals surface area contributed by atoms with Gasteiger partial charge in [-0.1, -0.05) is 91.0 Å². The molecular weight excluding hydrogens is 472 g/mol. The Balaban J connectivity index is 1.43. The van der Waals surface area contributed by atoms with Crippen molar-refractivity contribution in [3.8, 4) is 11.1 Å². The summed E-state index contributed by atoms with van der Waals surface area (Å²) >= 11 is 0. The molecule has 194 valence electrons. The Hall–Kier alpha value is -3.73. The Bertz CT molecular complexity index is 1300. The molecule has 0 saturated carbocycles. The van der Waals surface area contributed by atoms with Gasteiger partial charge in [0, 0.05) is 18.6 Å². The zero-order valence-electron chi connectivity index (χ0n) is 21.9. The smallest absolute Gasteiger partial charge is 0.338 e. The van der Waals surface area contributed by atoms with Gasteiger partial charge < -0.3 is 14.2 Å². The van der Waals surface area contributed by atoms with Gasteiger partial charge in [0.05, 0.1) is 25.4 Å². The lowest BCUT2D eigenvalue weighted by molar-refractivity contribution is 0.0526. The standard InChI is InChI=1S/C34H34O4/c1-2-38-33(35)28-17-18-30-29-15-9-10-16-31(29)34(32(30)23-28,19-21-36-24-26-11-5-3-6-12-26)20-22-37-25-27-13-7-4-8-14-27/h3-18,23H,2,19-22,24-25H2,1H3. The molecule has 38 heavy (non-hydrogen) atoms. The first-order chi connectivity index (χ1) is 18.7. The number of rotatable bonds is 12. The topological polar surface area (TPSA) is 44.8 Å². The normalized spacial score (nSPS) is 13.1. The van der Waals surface area contributed by atoms with E-state index in [0.29, 0.717) is 38.6 Å². The SMILES string of the molecule is CCOC(=O)c1ccc2c(c1)C(CCOCc1ccccc1)(CCOCc1ccccc1)c1ccccc1-2. The first-order valence-corrected chi connectivity index (χ1v) is 13.4. The van der Waals surface area contributed by atoms with E-state index < -0.39 is 0 Å². The van der Waals surface area contributed by atoms with E-state index in [0.717, 1.165) is 29.5 Å². The molecule has 1 aliphatic rings. The zero-order valence-corrected chi connectivity index (χ0v) is 21.9. The minimum atomic E-state index is -0.332. The third-order valence-electron chi connectivity index (χ3n) is 7.35. The maximum absolute atomic E-state index is 12.7. The van der Waals surface area contributed by atoms with Crippen LogP contribution in [-0.2, 0) is 32.8 Å². The first kappa shape index (κ1) is 25.9. The second-order valence-corrected chi connectivity index (χ2v) is 9.68. The molecule has 4 aromatic rings. The molecule has 0 radical (unpaired) electrons. The van der Waals surface area contributed by atoms with Crippen LogP contribution in [0.4, 0.5) is 0 Å². The third-order valence-corrected chi connectivity index (χ3v) is 7.35. The molecule has 5 rings (SSSR count). The maximum atomic E-state index is 12.7. The van der Waals surface area contributed by atoms with Crippen LogP contribution in [0.2, 0.25) is 0 Å². The average molecular weight is 507 g/mol. The number of carbonyl (C=O) groups is 1. The third kappa shape index (κ3) is 5.57. The molecule has 0 atom stereocenters. The Labute approximate surface area is 225 Å². The second-order valence-electron chi connectivity index (χ2n) is 9.68. The minimum Gasteiger partial charge on any atom is -0.462 e. The monoisotopic (exact) mass is 506 g/mol. The van der Waals surface area contributed by atoms with Gasteiger partial charge in [0.2, 0.25) is 0 Å². The molecule has 0 unspecified atom stereocenters. The van der Waals surface area contributed by atoms with E-state index in [2.05, 4.69) is 54.6 Å². The molecule has 0 amide bonds. The fourth-order valence-electron chi connectivity index (χ4n) is 5.48. The van der Waals surface area contributed by atoms with Crippen LogP contribution >= 0.6 is 0 Å². The predicted octanol–water partition coefficient (Wildman–Crippen LogP) is 7.34. The van der Waals surface area contributed by atoms with Crippen molar-refractivity contribution in [3.05, 3.63) is 131 Å². The molecule has 0 N–H and O–H groups in total. The quantitative estimate of drug-likeness (QED) is 0.149. The predicted molar refractivity (Wildman–Crippen MR) is 150 cm³/mol. The van der Waals surface area contributed by atoms with Gasteiger partial charge in [0.25, 0.3) is 0 Å². The van der Waals surface area contributed by atoms with Crippen molar-refractivity contribution in [3.63, 3.8) is 0 Å². The van der Waals surface area contributed by atoms with Gasteiger partial charge in [-0.05, 0) is 65.3 Å². The Morgan fingerprint density at radius 3 is 1.82 bits per heavy atom. The molecule has 4 aromatic carbocycles. The summed E-state index contributed by atoms with van der Waals surface area (Å²) < 4.78 is 17.7. The fraction of sp³-hybridized carbons (Fsp3) is 0.265. The molecule has 0 bridgehead atoms. The van der Waals surface area contributed by atoms with E-state index in [-0.39, 0.29) is 11.4 Å². The largest absolute Gasteiger partial charge is 0.462 e. The summed E-state index contributed by atoms with van der Waals surface area (Å²) in [4.78, 5) is 12.7. The highest BCUT2D eigenvalue weighted by Crippen LogP contribution is 2.53. The minimum absolute atomic E-state index is 0.291. The molecule has 0 aromatic heterocycles. The highest BCUT2D eigenvalue weighted by molar-refractivity contribution is 5.92. The summed E-state index contributed by atoms with van der Waals surface area (Å²) in [7, 11) is 0. The van der Waals surface area contributed by atoms with Crippen LogP contribution in [0.15, 0.2) is 103 Å². The number of carbonyl (C=O) groups excluding carboxylic acids is 1. The second kappa shape index (κ2) is 12.2. The van der Waals surface area contributed by atoms with Gasteiger partial charge in [-0.2, -0.15) is 0 Å². The highest BCUT2D eigenvalue weighted by atomic mass is 16.5. The van der Waals surface area contributed by atoms with Crippen LogP contribution in [0.25, 0.3) is 11.1 Å². The van der Waals surface area contributed by atoms with E-state index in [4.69, 9.17) is 14.2 Å². The number of hydrogen-bond acceptors (Lipinski definition) is 4. The van der Waals surface area contributed by atoms with Crippen molar-refractivity contribution in [1.82, 2.24) is 0 Å². The molecule has 4 nitrogen and oxygen atoms in total. The summed E-state index contributed by atoms with van der Waals surface area (Å²) in [5.74, 6) is -0.291. The lowest BCUT2D eigenvalue weighted by Gasteiger charge is -2.32. The van der Waals surface area contributed by atoms with Gasteiger partial charge in [0.15, 0.2) is 0 Å².